The highest BCUT2D eigenvalue weighted by Crippen LogP contribution is 2.38. The maximum Gasteiger partial charge on any atom is 0.262 e. The Hall–Kier alpha value is -3.05. The van der Waals surface area contributed by atoms with Crippen LogP contribution < -0.4 is 15.0 Å². The van der Waals surface area contributed by atoms with Crippen molar-refractivity contribution in [2.45, 2.75) is 13.1 Å². The number of nitrogens with one attached hydrogen (secondary N) is 1. The van der Waals surface area contributed by atoms with Crippen molar-refractivity contribution in [2.75, 3.05) is 17.3 Å². The number of fused-ring (bicyclic) bond motifs is 1. The first-order chi connectivity index (χ1) is 13.1. The van der Waals surface area contributed by atoms with Gasteiger partial charge in [0.1, 0.15) is 5.75 Å². The fourth-order valence-electron chi connectivity index (χ4n) is 3.20. The number of aromatic nitrogens is 1. The summed E-state index contributed by atoms with van der Waals surface area (Å²) in [6.45, 7) is 2.01. The number of rotatable bonds is 4. The fraction of sp³-hybridized carbons (Fsp3) is 0.143. The van der Waals surface area contributed by atoms with E-state index in [0.29, 0.717) is 22.0 Å². The number of benzene rings is 2. The zero-order chi connectivity index (χ0) is 19.0. The van der Waals surface area contributed by atoms with E-state index in [4.69, 9.17) is 16.3 Å². The van der Waals surface area contributed by atoms with Crippen LogP contribution >= 0.6 is 11.6 Å². The Morgan fingerprint density at radius 2 is 1.93 bits per heavy atom. The molecule has 1 aliphatic rings. The van der Waals surface area contributed by atoms with Gasteiger partial charge in [-0.05, 0) is 49.4 Å². The van der Waals surface area contributed by atoms with E-state index in [2.05, 4.69) is 10.3 Å². The molecule has 0 spiro atoms. The summed E-state index contributed by atoms with van der Waals surface area (Å²) >= 11 is 6.25. The van der Waals surface area contributed by atoms with Gasteiger partial charge in [0, 0.05) is 17.6 Å². The number of halogens is 1. The lowest BCUT2D eigenvalue weighted by atomic mass is 10.2. The van der Waals surface area contributed by atoms with E-state index < -0.39 is 6.17 Å². The molecule has 1 aromatic heterocycles. The number of methoxy groups -OCH3 is 1. The Morgan fingerprint density at radius 1 is 1.15 bits per heavy atom. The molecule has 0 saturated heterocycles. The molecule has 2 heterocycles. The molecule has 0 bridgehead atoms. The van der Waals surface area contributed by atoms with Gasteiger partial charge in [0.05, 0.1) is 23.4 Å². The zero-order valence-electron chi connectivity index (χ0n) is 14.9. The molecule has 0 fully saturated rings. The van der Waals surface area contributed by atoms with E-state index in [9.17, 15) is 4.79 Å². The van der Waals surface area contributed by atoms with Crippen LogP contribution in [-0.2, 0) is 0 Å². The normalized spacial score (nSPS) is 15.6. The number of ether oxygens (including phenoxy) is 1. The molecule has 5 nitrogen and oxygen atoms in total. The van der Waals surface area contributed by atoms with Gasteiger partial charge in [-0.3, -0.25) is 14.7 Å². The van der Waals surface area contributed by atoms with Crippen LogP contribution in [0.15, 0.2) is 60.8 Å². The standard InChI is InChI=1S/C21H18ClN3O2/c1-13-5-8-15(9-6-13)25-20(19-16(21(25)26)4-3-11-23-19)24-14-7-10-18(27-2)17(22)12-14/h3-12,20,24H,1-2H3/t20-/m1/s1. The van der Waals surface area contributed by atoms with Gasteiger partial charge in [-0.2, -0.15) is 0 Å². The van der Waals surface area contributed by atoms with E-state index in [0.717, 1.165) is 16.9 Å². The van der Waals surface area contributed by atoms with Crippen LogP contribution in [0.3, 0.4) is 0 Å². The van der Waals surface area contributed by atoms with Gasteiger partial charge in [0.25, 0.3) is 5.91 Å². The number of anilines is 2. The molecule has 1 N–H and O–H groups in total. The maximum atomic E-state index is 13.0. The van der Waals surface area contributed by atoms with Gasteiger partial charge in [0.15, 0.2) is 6.17 Å². The number of amides is 1. The number of carbonyl (C=O) groups is 1. The van der Waals surface area contributed by atoms with Crippen molar-refractivity contribution in [1.82, 2.24) is 4.98 Å². The molecule has 3 aromatic rings. The molecule has 1 aliphatic heterocycles. The average Bonchev–Trinajstić information content (AvgIpc) is 2.95. The van der Waals surface area contributed by atoms with Crippen molar-refractivity contribution in [3.8, 4) is 5.75 Å². The van der Waals surface area contributed by atoms with Gasteiger partial charge in [-0.1, -0.05) is 29.3 Å². The topological polar surface area (TPSA) is 54.5 Å². The van der Waals surface area contributed by atoms with Crippen molar-refractivity contribution in [3.05, 3.63) is 82.6 Å². The average molecular weight is 380 g/mol. The molecule has 2 aromatic carbocycles. The summed E-state index contributed by atoms with van der Waals surface area (Å²) in [4.78, 5) is 19.2. The fourth-order valence-corrected chi connectivity index (χ4v) is 3.46. The van der Waals surface area contributed by atoms with E-state index in [1.54, 1.807) is 42.5 Å². The molecule has 27 heavy (non-hydrogen) atoms. The highest BCUT2D eigenvalue weighted by atomic mass is 35.5. The zero-order valence-corrected chi connectivity index (χ0v) is 15.7. The van der Waals surface area contributed by atoms with Crippen molar-refractivity contribution in [1.29, 1.82) is 0 Å². The lowest BCUT2D eigenvalue weighted by Crippen LogP contribution is -2.32. The summed E-state index contributed by atoms with van der Waals surface area (Å²) in [5.41, 5.74) is 3.99. The van der Waals surface area contributed by atoms with Crippen molar-refractivity contribution >= 4 is 28.9 Å². The molecule has 1 atom stereocenters. The molecule has 6 heteroatoms. The van der Waals surface area contributed by atoms with Crippen molar-refractivity contribution in [2.24, 2.45) is 0 Å². The van der Waals surface area contributed by atoms with Crippen molar-refractivity contribution in [3.63, 3.8) is 0 Å². The van der Waals surface area contributed by atoms with Gasteiger partial charge < -0.3 is 10.1 Å². The van der Waals surface area contributed by atoms with Gasteiger partial charge in [0.2, 0.25) is 0 Å². The van der Waals surface area contributed by atoms with Crippen LogP contribution in [0, 0.1) is 6.92 Å². The molecular weight excluding hydrogens is 362 g/mol. The maximum absolute atomic E-state index is 13.0. The number of aryl methyl sites for hydroxylation is 1. The SMILES string of the molecule is COc1ccc(N[C@H]2c3ncccc3C(=O)N2c2ccc(C)cc2)cc1Cl. The Kier molecular flexibility index (Phi) is 4.46. The monoisotopic (exact) mass is 379 g/mol. The summed E-state index contributed by atoms with van der Waals surface area (Å²) in [7, 11) is 1.57. The third kappa shape index (κ3) is 3.11. The second-order valence-electron chi connectivity index (χ2n) is 6.34. The lowest BCUT2D eigenvalue weighted by Gasteiger charge is -2.27. The summed E-state index contributed by atoms with van der Waals surface area (Å²) < 4.78 is 5.21. The summed E-state index contributed by atoms with van der Waals surface area (Å²) in [5, 5.41) is 3.88. The summed E-state index contributed by atoms with van der Waals surface area (Å²) in [6, 6.07) is 16.9. The Labute approximate surface area is 162 Å². The molecule has 1 amide bonds. The van der Waals surface area contributed by atoms with Crippen LogP contribution in [0.5, 0.6) is 5.75 Å². The molecule has 136 valence electrons. The van der Waals surface area contributed by atoms with Crippen LogP contribution in [0.1, 0.15) is 27.8 Å². The van der Waals surface area contributed by atoms with E-state index in [1.807, 2.05) is 37.3 Å². The Morgan fingerprint density at radius 3 is 2.63 bits per heavy atom. The van der Waals surface area contributed by atoms with Gasteiger partial charge in [-0.15, -0.1) is 0 Å². The molecule has 0 aliphatic carbocycles. The Bertz CT molecular complexity index is 1000. The third-order valence-corrected chi connectivity index (χ3v) is 4.87. The number of pyridine rings is 1. The van der Waals surface area contributed by atoms with Crippen molar-refractivity contribution < 1.29 is 9.53 Å². The minimum absolute atomic E-state index is 0.0842. The second kappa shape index (κ2) is 6.93. The smallest absolute Gasteiger partial charge is 0.262 e. The molecule has 0 unspecified atom stereocenters. The largest absolute Gasteiger partial charge is 0.495 e. The Balaban J connectivity index is 1.75. The minimum atomic E-state index is -0.430. The van der Waals surface area contributed by atoms with Crippen LogP contribution in [-0.4, -0.2) is 18.0 Å². The van der Waals surface area contributed by atoms with Crippen LogP contribution in [0.2, 0.25) is 5.02 Å². The molecule has 0 radical (unpaired) electrons. The van der Waals surface area contributed by atoms with Crippen LogP contribution in [0.25, 0.3) is 0 Å². The number of hydrogen-bond acceptors (Lipinski definition) is 4. The van der Waals surface area contributed by atoms with E-state index >= 15 is 0 Å². The first kappa shape index (κ1) is 17.4. The molecular formula is C21H18ClN3O2. The number of carbonyl (C=O) groups excluding carboxylic acids is 1. The van der Waals surface area contributed by atoms with Gasteiger partial charge >= 0.3 is 0 Å². The molecule has 0 saturated carbocycles. The highest BCUT2D eigenvalue weighted by molar-refractivity contribution is 6.32. The van der Waals surface area contributed by atoms with E-state index in [-0.39, 0.29) is 5.91 Å². The summed E-state index contributed by atoms with van der Waals surface area (Å²) in [5.74, 6) is 0.512. The first-order valence-corrected chi connectivity index (χ1v) is 8.91. The number of nitrogens with zero attached hydrogens (tertiary/aromatic N) is 2. The quantitative estimate of drug-likeness (QED) is 0.705. The second-order valence-corrected chi connectivity index (χ2v) is 6.75. The van der Waals surface area contributed by atoms with Crippen LogP contribution in [0.4, 0.5) is 11.4 Å². The minimum Gasteiger partial charge on any atom is -0.495 e. The first-order valence-electron chi connectivity index (χ1n) is 8.53. The van der Waals surface area contributed by atoms with E-state index in [1.165, 1.54) is 0 Å². The summed E-state index contributed by atoms with van der Waals surface area (Å²) in [6.07, 6.45) is 1.27. The predicted octanol–water partition coefficient (Wildman–Crippen LogP) is 4.82. The lowest BCUT2D eigenvalue weighted by molar-refractivity contribution is 0.0993. The number of hydrogen-bond donors (Lipinski definition) is 1. The molecule has 4 rings (SSSR count). The predicted molar refractivity (Wildman–Crippen MR) is 107 cm³/mol. The third-order valence-electron chi connectivity index (χ3n) is 4.57. The highest BCUT2D eigenvalue weighted by Gasteiger charge is 2.39. The van der Waals surface area contributed by atoms with Gasteiger partial charge in [-0.25, -0.2) is 0 Å².